The molecule has 0 spiro atoms. The van der Waals surface area contributed by atoms with Gasteiger partial charge >= 0.3 is 6.09 Å². The number of rotatable bonds is 4. The molecule has 1 aromatic carbocycles. The molecular formula is C17H23Cl2NO3. The lowest BCUT2D eigenvalue weighted by molar-refractivity contribution is 0.0518. The Labute approximate surface area is 147 Å². The number of halogens is 2. The van der Waals surface area contributed by atoms with Crippen LogP contribution in [0.25, 0.3) is 0 Å². The minimum Gasteiger partial charge on any atom is -0.444 e. The van der Waals surface area contributed by atoms with Gasteiger partial charge in [-0.3, -0.25) is 0 Å². The molecule has 2 unspecified atom stereocenters. The zero-order valence-electron chi connectivity index (χ0n) is 13.8. The van der Waals surface area contributed by atoms with Gasteiger partial charge in [-0.1, -0.05) is 29.3 Å². The molecule has 3 atom stereocenters. The number of ether oxygens (including phenoxy) is 1. The molecule has 1 aliphatic rings. The molecule has 0 saturated heterocycles. The highest BCUT2D eigenvalue weighted by molar-refractivity contribution is 6.42. The maximum atomic E-state index is 11.9. The van der Waals surface area contributed by atoms with Crippen LogP contribution in [0.15, 0.2) is 18.2 Å². The van der Waals surface area contributed by atoms with Gasteiger partial charge in [0.25, 0.3) is 0 Å². The number of benzene rings is 1. The summed E-state index contributed by atoms with van der Waals surface area (Å²) in [6, 6.07) is 5.45. The van der Waals surface area contributed by atoms with E-state index in [0.717, 1.165) is 12.0 Å². The van der Waals surface area contributed by atoms with Crippen molar-refractivity contribution in [3.63, 3.8) is 0 Å². The standard InChI is InChI=1S/C17H23Cl2NO3/c1-10(21)12-8-17(12,9-20-15(22)23-16(2,3)4)11-5-6-13(18)14(19)7-11/h5-7,10,12,21H,8-9H2,1-4H3,(H,20,22)/t10?,12?,17-/m0/s1. The number of nitrogens with one attached hydrogen (secondary N) is 1. The molecular weight excluding hydrogens is 337 g/mol. The monoisotopic (exact) mass is 359 g/mol. The zero-order chi connectivity index (χ0) is 17.4. The zero-order valence-corrected chi connectivity index (χ0v) is 15.3. The van der Waals surface area contributed by atoms with Gasteiger partial charge in [0.15, 0.2) is 0 Å². The number of aliphatic hydroxyl groups is 1. The predicted octanol–water partition coefficient (Wildman–Crippen LogP) is 4.16. The topological polar surface area (TPSA) is 58.6 Å². The molecule has 0 aromatic heterocycles. The fourth-order valence-corrected chi connectivity index (χ4v) is 3.25. The first kappa shape index (κ1) is 18.4. The Morgan fingerprint density at radius 1 is 1.43 bits per heavy atom. The number of hydrogen-bond acceptors (Lipinski definition) is 3. The Bertz CT molecular complexity index is 598. The molecule has 128 valence electrons. The van der Waals surface area contributed by atoms with E-state index in [2.05, 4.69) is 5.32 Å². The number of aliphatic hydroxyl groups excluding tert-OH is 1. The third-order valence-corrected chi connectivity index (χ3v) is 4.90. The smallest absolute Gasteiger partial charge is 0.407 e. The molecule has 1 amide bonds. The molecule has 2 rings (SSSR count). The Morgan fingerprint density at radius 2 is 2.09 bits per heavy atom. The van der Waals surface area contributed by atoms with Gasteiger partial charge in [0.1, 0.15) is 5.60 Å². The van der Waals surface area contributed by atoms with Gasteiger partial charge in [0.2, 0.25) is 0 Å². The second-order valence-electron chi connectivity index (χ2n) is 7.19. The number of hydrogen-bond donors (Lipinski definition) is 2. The van der Waals surface area contributed by atoms with E-state index in [1.165, 1.54) is 0 Å². The van der Waals surface area contributed by atoms with Crippen molar-refractivity contribution in [3.8, 4) is 0 Å². The van der Waals surface area contributed by atoms with Gasteiger partial charge in [-0.05, 0) is 57.7 Å². The average molecular weight is 360 g/mol. The van der Waals surface area contributed by atoms with Crippen molar-refractivity contribution in [1.82, 2.24) is 5.32 Å². The lowest BCUT2D eigenvalue weighted by atomic mass is 9.91. The third kappa shape index (κ3) is 4.31. The van der Waals surface area contributed by atoms with E-state index in [1.807, 2.05) is 32.9 Å². The van der Waals surface area contributed by atoms with Crippen molar-refractivity contribution >= 4 is 29.3 Å². The van der Waals surface area contributed by atoms with Crippen molar-refractivity contribution in [2.24, 2.45) is 5.92 Å². The van der Waals surface area contributed by atoms with Crippen molar-refractivity contribution < 1.29 is 14.6 Å². The molecule has 0 bridgehead atoms. The van der Waals surface area contributed by atoms with E-state index in [9.17, 15) is 9.90 Å². The second kappa shape index (κ2) is 6.50. The molecule has 23 heavy (non-hydrogen) atoms. The predicted molar refractivity (Wildman–Crippen MR) is 92.2 cm³/mol. The molecule has 2 N–H and O–H groups in total. The van der Waals surface area contributed by atoms with Crippen LogP contribution in [0.2, 0.25) is 10.0 Å². The Hall–Kier alpha value is -0.970. The van der Waals surface area contributed by atoms with Crippen molar-refractivity contribution in [2.45, 2.75) is 51.2 Å². The molecule has 0 aliphatic heterocycles. The number of carbonyl (C=O) groups is 1. The van der Waals surface area contributed by atoms with Crippen molar-refractivity contribution in [1.29, 1.82) is 0 Å². The fourth-order valence-electron chi connectivity index (χ4n) is 2.95. The lowest BCUT2D eigenvalue weighted by Crippen LogP contribution is -2.38. The second-order valence-corrected chi connectivity index (χ2v) is 8.01. The summed E-state index contributed by atoms with van der Waals surface area (Å²) in [5.74, 6) is 0.0645. The summed E-state index contributed by atoms with van der Waals surface area (Å²) in [5, 5.41) is 13.7. The molecule has 1 saturated carbocycles. The van der Waals surface area contributed by atoms with Crippen LogP contribution >= 0.6 is 23.2 Å². The van der Waals surface area contributed by atoms with Crippen LogP contribution in [-0.2, 0) is 10.2 Å². The van der Waals surface area contributed by atoms with Crippen LogP contribution in [0.5, 0.6) is 0 Å². The summed E-state index contributed by atoms with van der Waals surface area (Å²) < 4.78 is 5.28. The molecule has 1 fully saturated rings. The minimum atomic E-state index is -0.548. The molecule has 1 aliphatic carbocycles. The molecule has 4 nitrogen and oxygen atoms in total. The highest BCUT2D eigenvalue weighted by Gasteiger charge is 2.57. The fraction of sp³-hybridized carbons (Fsp3) is 0.588. The van der Waals surface area contributed by atoms with Crippen molar-refractivity contribution in [3.05, 3.63) is 33.8 Å². The lowest BCUT2D eigenvalue weighted by Gasteiger charge is -2.23. The van der Waals surface area contributed by atoms with Gasteiger partial charge in [0.05, 0.1) is 16.1 Å². The molecule has 6 heteroatoms. The van der Waals surface area contributed by atoms with E-state index in [4.69, 9.17) is 27.9 Å². The normalized spacial score (nSPS) is 24.9. The third-order valence-electron chi connectivity index (χ3n) is 4.16. The van der Waals surface area contributed by atoms with Crippen LogP contribution in [-0.4, -0.2) is 29.4 Å². The first-order chi connectivity index (χ1) is 10.5. The van der Waals surface area contributed by atoms with Gasteiger partial charge in [0, 0.05) is 12.0 Å². The summed E-state index contributed by atoms with van der Waals surface area (Å²) in [7, 11) is 0. The minimum absolute atomic E-state index is 0.0645. The van der Waals surface area contributed by atoms with E-state index in [-0.39, 0.29) is 11.3 Å². The Kier molecular flexibility index (Phi) is 5.19. The van der Waals surface area contributed by atoms with Gasteiger partial charge < -0.3 is 15.2 Å². The first-order valence-electron chi connectivity index (χ1n) is 7.65. The number of alkyl carbamates (subject to hydrolysis) is 1. The van der Waals surface area contributed by atoms with Crippen molar-refractivity contribution in [2.75, 3.05) is 6.54 Å². The van der Waals surface area contributed by atoms with Crippen LogP contribution < -0.4 is 5.32 Å². The number of amides is 1. The molecule has 0 radical (unpaired) electrons. The Morgan fingerprint density at radius 3 is 2.57 bits per heavy atom. The maximum Gasteiger partial charge on any atom is 0.407 e. The van der Waals surface area contributed by atoms with E-state index >= 15 is 0 Å². The number of carbonyl (C=O) groups excluding carboxylic acids is 1. The van der Waals surface area contributed by atoms with Crippen LogP contribution in [0.3, 0.4) is 0 Å². The summed E-state index contributed by atoms with van der Waals surface area (Å²) in [4.78, 5) is 11.9. The largest absolute Gasteiger partial charge is 0.444 e. The molecule has 0 heterocycles. The van der Waals surface area contributed by atoms with Gasteiger partial charge in [-0.15, -0.1) is 0 Å². The highest BCUT2D eigenvalue weighted by Crippen LogP contribution is 2.56. The van der Waals surface area contributed by atoms with Gasteiger partial charge in [-0.25, -0.2) is 4.79 Å². The Balaban J connectivity index is 2.15. The quantitative estimate of drug-likeness (QED) is 0.848. The SMILES string of the molecule is CC(O)C1C[C@]1(CNC(=O)OC(C)(C)C)c1ccc(Cl)c(Cl)c1. The van der Waals surface area contributed by atoms with E-state index < -0.39 is 17.8 Å². The highest BCUT2D eigenvalue weighted by atomic mass is 35.5. The van der Waals surface area contributed by atoms with E-state index in [0.29, 0.717) is 16.6 Å². The van der Waals surface area contributed by atoms with Crippen LogP contribution in [0.4, 0.5) is 4.79 Å². The summed E-state index contributed by atoms with van der Waals surface area (Å²) >= 11 is 12.1. The van der Waals surface area contributed by atoms with Crippen LogP contribution in [0, 0.1) is 5.92 Å². The van der Waals surface area contributed by atoms with Gasteiger partial charge in [-0.2, -0.15) is 0 Å². The first-order valence-corrected chi connectivity index (χ1v) is 8.41. The maximum absolute atomic E-state index is 11.9. The van der Waals surface area contributed by atoms with E-state index in [1.54, 1.807) is 13.0 Å². The summed E-state index contributed by atoms with van der Waals surface area (Å²) in [6.45, 7) is 7.60. The average Bonchev–Trinajstić information content (AvgIpc) is 3.14. The summed E-state index contributed by atoms with van der Waals surface area (Å²) in [6.07, 6.45) is -0.156. The molecule has 1 aromatic rings. The summed E-state index contributed by atoms with van der Waals surface area (Å²) in [5.41, 5.74) is 0.0849. The van der Waals surface area contributed by atoms with Crippen LogP contribution in [0.1, 0.15) is 39.7 Å².